The van der Waals surface area contributed by atoms with E-state index in [0.717, 1.165) is 28.1 Å². The molecule has 0 fully saturated rings. The van der Waals surface area contributed by atoms with Crippen molar-refractivity contribution < 1.29 is 9.53 Å². The van der Waals surface area contributed by atoms with Crippen LogP contribution < -0.4 is 20.3 Å². The molecule has 0 aliphatic rings. The molecular weight excluding hydrogens is 362 g/mol. The molecule has 5 heteroatoms. The van der Waals surface area contributed by atoms with Crippen LogP contribution in [-0.4, -0.2) is 27.2 Å². The van der Waals surface area contributed by atoms with Crippen molar-refractivity contribution in [2.75, 3.05) is 26.1 Å². The average molecular weight is 389 g/mol. The van der Waals surface area contributed by atoms with Crippen LogP contribution in [0.25, 0.3) is 0 Å². The SMILES string of the molecule is COc1ccc(C(NC(=O)NCc2cccc(N(C)C)c2)c2ccccc2)cc1. The first-order valence-corrected chi connectivity index (χ1v) is 9.56. The highest BCUT2D eigenvalue weighted by molar-refractivity contribution is 5.75. The Kier molecular flexibility index (Phi) is 6.74. The maximum Gasteiger partial charge on any atom is 0.315 e. The largest absolute Gasteiger partial charge is 0.497 e. The molecule has 1 unspecified atom stereocenters. The maximum atomic E-state index is 12.7. The second kappa shape index (κ2) is 9.64. The van der Waals surface area contributed by atoms with Crippen molar-refractivity contribution in [2.45, 2.75) is 12.6 Å². The fourth-order valence-corrected chi connectivity index (χ4v) is 3.11. The summed E-state index contributed by atoms with van der Waals surface area (Å²) in [7, 11) is 5.64. The molecule has 0 saturated carbocycles. The molecule has 0 heterocycles. The van der Waals surface area contributed by atoms with E-state index in [9.17, 15) is 4.79 Å². The van der Waals surface area contributed by atoms with Gasteiger partial charge < -0.3 is 20.3 Å². The Labute approximate surface area is 172 Å². The van der Waals surface area contributed by atoms with Gasteiger partial charge in [0.1, 0.15) is 5.75 Å². The summed E-state index contributed by atoms with van der Waals surface area (Å²) in [4.78, 5) is 14.7. The highest BCUT2D eigenvalue weighted by atomic mass is 16.5. The van der Waals surface area contributed by atoms with E-state index in [1.54, 1.807) is 7.11 Å². The Bertz CT molecular complexity index is 924. The van der Waals surface area contributed by atoms with Crippen molar-refractivity contribution in [2.24, 2.45) is 0 Å². The first-order valence-electron chi connectivity index (χ1n) is 9.56. The van der Waals surface area contributed by atoms with Crippen LogP contribution >= 0.6 is 0 Å². The number of ether oxygens (including phenoxy) is 1. The quantitative estimate of drug-likeness (QED) is 0.632. The Morgan fingerprint density at radius 3 is 2.28 bits per heavy atom. The number of rotatable bonds is 7. The number of urea groups is 1. The minimum Gasteiger partial charge on any atom is -0.497 e. The van der Waals surface area contributed by atoms with E-state index in [4.69, 9.17) is 4.74 Å². The minimum atomic E-state index is -0.254. The van der Waals surface area contributed by atoms with E-state index in [1.807, 2.05) is 91.8 Å². The molecule has 29 heavy (non-hydrogen) atoms. The van der Waals surface area contributed by atoms with Crippen molar-refractivity contribution in [3.8, 4) is 5.75 Å². The molecule has 1 atom stereocenters. The average Bonchev–Trinajstić information content (AvgIpc) is 2.77. The lowest BCUT2D eigenvalue weighted by Gasteiger charge is -2.21. The molecule has 0 bridgehead atoms. The smallest absolute Gasteiger partial charge is 0.315 e. The number of hydrogen-bond donors (Lipinski definition) is 2. The van der Waals surface area contributed by atoms with Crippen LogP contribution in [0, 0.1) is 0 Å². The standard InChI is InChI=1S/C24H27N3O2/c1-27(2)21-11-7-8-18(16-21)17-25-24(28)26-23(19-9-5-4-6-10-19)20-12-14-22(29-3)15-13-20/h4-16,23H,17H2,1-3H3,(H2,25,26,28). The second-order valence-electron chi connectivity index (χ2n) is 7.01. The molecule has 0 radical (unpaired) electrons. The fourth-order valence-electron chi connectivity index (χ4n) is 3.11. The number of carbonyl (C=O) groups excluding carboxylic acids is 1. The Morgan fingerprint density at radius 2 is 1.62 bits per heavy atom. The number of carbonyl (C=O) groups is 1. The summed E-state index contributed by atoms with van der Waals surface area (Å²) < 4.78 is 5.25. The van der Waals surface area contributed by atoms with E-state index in [0.29, 0.717) is 6.54 Å². The van der Waals surface area contributed by atoms with Gasteiger partial charge in [-0.25, -0.2) is 4.79 Å². The van der Waals surface area contributed by atoms with Gasteiger partial charge in [0, 0.05) is 26.3 Å². The van der Waals surface area contributed by atoms with Gasteiger partial charge in [-0.05, 0) is 41.0 Å². The predicted molar refractivity (Wildman–Crippen MR) is 117 cm³/mol. The van der Waals surface area contributed by atoms with Crippen LogP contribution in [0.4, 0.5) is 10.5 Å². The first kappa shape index (κ1) is 20.3. The molecule has 3 aromatic carbocycles. The van der Waals surface area contributed by atoms with E-state index < -0.39 is 0 Å². The zero-order valence-corrected chi connectivity index (χ0v) is 17.1. The lowest BCUT2D eigenvalue weighted by molar-refractivity contribution is 0.238. The number of methoxy groups -OCH3 is 1. The highest BCUT2D eigenvalue weighted by Crippen LogP contribution is 2.24. The minimum absolute atomic E-state index is 0.218. The molecule has 3 aromatic rings. The summed E-state index contributed by atoms with van der Waals surface area (Å²) >= 11 is 0. The van der Waals surface area contributed by atoms with Crippen LogP contribution in [0.15, 0.2) is 78.9 Å². The third kappa shape index (κ3) is 5.51. The fraction of sp³-hybridized carbons (Fsp3) is 0.208. The predicted octanol–water partition coefficient (Wildman–Crippen LogP) is 4.35. The normalized spacial score (nSPS) is 11.4. The summed E-state index contributed by atoms with van der Waals surface area (Å²) in [6, 6.07) is 25.3. The van der Waals surface area contributed by atoms with Gasteiger partial charge in [-0.3, -0.25) is 0 Å². The molecule has 150 valence electrons. The highest BCUT2D eigenvalue weighted by Gasteiger charge is 2.16. The third-order valence-electron chi connectivity index (χ3n) is 4.74. The Balaban J connectivity index is 1.72. The van der Waals surface area contributed by atoms with E-state index in [1.165, 1.54) is 0 Å². The van der Waals surface area contributed by atoms with Crippen LogP contribution in [0.5, 0.6) is 5.75 Å². The van der Waals surface area contributed by atoms with Gasteiger partial charge in [0.25, 0.3) is 0 Å². The summed E-state index contributed by atoms with van der Waals surface area (Å²) in [6.07, 6.45) is 0. The summed E-state index contributed by atoms with van der Waals surface area (Å²) in [6.45, 7) is 0.456. The summed E-state index contributed by atoms with van der Waals surface area (Å²) in [5, 5.41) is 6.06. The van der Waals surface area contributed by atoms with Gasteiger partial charge in [0.05, 0.1) is 13.2 Å². The van der Waals surface area contributed by atoms with E-state index in [2.05, 4.69) is 16.7 Å². The Hall–Kier alpha value is -3.47. The molecule has 3 rings (SSSR count). The van der Waals surface area contributed by atoms with Crippen molar-refractivity contribution in [1.82, 2.24) is 10.6 Å². The van der Waals surface area contributed by atoms with Gasteiger partial charge in [-0.15, -0.1) is 0 Å². The zero-order valence-electron chi connectivity index (χ0n) is 17.1. The van der Waals surface area contributed by atoms with Gasteiger partial charge in [-0.2, -0.15) is 0 Å². The number of hydrogen-bond acceptors (Lipinski definition) is 3. The second-order valence-corrected chi connectivity index (χ2v) is 7.01. The molecule has 2 N–H and O–H groups in total. The molecule has 0 spiro atoms. The lowest BCUT2D eigenvalue weighted by Crippen LogP contribution is -2.38. The molecule has 0 aliphatic heterocycles. The van der Waals surface area contributed by atoms with Gasteiger partial charge in [0.2, 0.25) is 0 Å². The molecule has 0 saturated heterocycles. The number of anilines is 1. The number of benzene rings is 3. The zero-order chi connectivity index (χ0) is 20.6. The summed E-state index contributed by atoms with van der Waals surface area (Å²) in [5.74, 6) is 0.783. The lowest BCUT2D eigenvalue weighted by atomic mass is 9.99. The number of nitrogens with one attached hydrogen (secondary N) is 2. The van der Waals surface area contributed by atoms with Crippen LogP contribution in [0.1, 0.15) is 22.7 Å². The summed E-state index contributed by atoms with van der Waals surface area (Å²) in [5.41, 5.74) is 4.15. The van der Waals surface area contributed by atoms with Crippen molar-refractivity contribution in [3.05, 3.63) is 95.6 Å². The van der Waals surface area contributed by atoms with Gasteiger partial charge >= 0.3 is 6.03 Å². The number of amides is 2. The topological polar surface area (TPSA) is 53.6 Å². The van der Waals surface area contributed by atoms with Crippen molar-refractivity contribution >= 4 is 11.7 Å². The molecule has 2 amide bonds. The molecule has 0 aliphatic carbocycles. The van der Waals surface area contributed by atoms with Crippen LogP contribution in [0.2, 0.25) is 0 Å². The molecule has 5 nitrogen and oxygen atoms in total. The Morgan fingerprint density at radius 1 is 0.931 bits per heavy atom. The van der Waals surface area contributed by atoms with E-state index in [-0.39, 0.29) is 12.1 Å². The van der Waals surface area contributed by atoms with Gasteiger partial charge in [0.15, 0.2) is 0 Å². The van der Waals surface area contributed by atoms with E-state index >= 15 is 0 Å². The first-order chi connectivity index (χ1) is 14.1. The number of nitrogens with zero attached hydrogens (tertiary/aromatic N) is 1. The van der Waals surface area contributed by atoms with Crippen LogP contribution in [-0.2, 0) is 6.54 Å². The maximum absolute atomic E-state index is 12.7. The van der Waals surface area contributed by atoms with Crippen molar-refractivity contribution in [1.29, 1.82) is 0 Å². The molecule has 0 aromatic heterocycles. The third-order valence-corrected chi connectivity index (χ3v) is 4.74. The van der Waals surface area contributed by atoms with Crippen molar-refractivity contribution in [3.63, 3.8) is 0 Å². The van der Waals surface area contributed by atoms with Crippen LogP contribution in [0.3, 0.4) is 0 Å². The molecular formula is C24H27N3O2. The van der Waals surface area contributed by atoms with Gasteiger partial charge in [-0.1, -0.05) is 54.6 Å². The monoisotopic (exact) mass is 389 g/mol.